The Morgan fingerprint density at radius 1 is 1.33 bits per heavy atom. The highest BCUT2D eigenvalue weighted by Gasteiger charge is 2.49. The minimum Gasteiger partial charge on any atom is -0.388 e. The maximum atomic E-state index is 9.83. The van der Waals surface area contributed by atoms with Crippen molar-refractivity contribution in [2.24, 2.45) is 5.73 Å². The summed E-state index contributed by atoms with van der Waals surface area (Å²) < 4.78 is 16.1. The lowest BCUT2D eigenvalue weighted by molar-refractivity contribution is -0.363. The van der Waals surface area contributed by atoms with E-state index < -0.39 is 36.4 Å². The van der Waals surface area contributed by atoms with E-state index >= 15 is 0 Å². The summed E-state index contributed by atoms with van der Waals surface area (Å²) in [6, 6.07) is -0.847. The van der Waals surface area contributed by atoms with Crippen LogP contribution in [0.2, 0.25) is 0 Å². The fourth-order valence-corrected chi connectivity index (χ4v) is 1.88. The van der Waals surface area contributed by atoms with E-state index in [9.17, 15) is 10.2 Å². The summed E-state index contributed by atoms with van der Waals surface area (Å²) in [6.45, 7) is 3.79. The molecule has 0 aromatic heterocycles. The van der Waals surface area contributed by atoms with Gasteiger partial charge in [-0.25, -0.2) is 0 Å². The zero-order chi connectivity index (χ0) is 11.2. The van der Waals surface area contributed by atoms with Crippen LogP contribution in [0.25, 0.3) is 0 Å². The Hall–Kier alpha value is -0.240. The summed E-state index contributed by atoms with van der Waals surface area (Å²) in [5.41, 5.74) is 5.57. The second-order valence-corrected chi connectivity index (χ2v) is 4.43. The van der Waals surface area contributed by atoms with Crippen LogP contribution in [0.3, 0.4) is 0 Å². The quantitative estimate of drug-likeness (QED) is 0.461. The number of hydrogen-bond donors (Lipinski definition) is 3. The third-order valence-electron chi connectivity index (χ3n) is 2.76. The zero-order valence-corrected chi connectivity index (χ0v) is 8.79. The Morgan fingerprint density at radius 2 is 2.00 bits per heavy atom. The molecule has 2 aliphatic heterocycles. The van der Waals surface area contributed by atoms with Gasteiger partial charge in [0.1, 0.15) is 18.3 Å². The standard InChI is InChI=1S/C9H17NO5/c1-9(2)13-3-4-7(15-9)6(11)5(10)8(12)14-4/h4-8,11-12H,3,10H2,1-2H3/t4-,5-,6-,7-,8+/m1/s1. The second kappa shape index (κ2) is 3.65. The molecule has 4 N–H and O–H groups in total. The normalized spacial score (nSPS) is 49.8. The minimum atomic E-state index is -1.17. The summed E-state index contributed by atoms with van der Waals surface area (Å²) in [6.07, 6.45) is -3.13. The molecule has 0 saturated carbocycles. The molecule has 0 aromatic rings. The van der Waals surface area contributed by atoms with Crippen molar-refractivity contribution in [3.63, 3.8) is 0 Å². The Bertz CT molecular complexity index is 245. The van der Waals surface area contributed by atoms with Crippen LogP contribution in [0, 0.1) is 0 Å². The summed E-state index contributed by atoms with van der Waals surface area (Å²) in [7, 11) is 0. The number of nitrogens with two attached hydrogens (primary N) is 1. The second-order valence-electron chi connectivity index (χ2n) is 4.43. The first-order chi connectivity index (χ1) is 6.91. The molecule has 0 amide bonds. The van der Waals surface area contributed by atoms with Gasteiger partial charge >= 0.3 is 0 Å². The Labute approximate surface area is 87.9 Å². The van der Waals surface area contributed by atoms with Gasteiger partial charge < -0.3 is 30.2 Å². The van der Waals surface area contributed by atoms with Gasteiger partial charge in [0.05, 0.1) is 12.6 Å². The first-order valence-corrected chi connectivity index (χ1v) is 5.00. The Balaban J connectivity index is 2.12. The number of ether oxygens (including phenoxy) is 3. The molecule has 2 aliphatic rings. The molecule has 2 heterocycles. The zero-order valence-electron chi connectivity index (χ0n) is 8.79. The first-order valence-electron chi connectivity index (χ1n) is 5.00. The molecule has 0 unspecified atom stereocenters. The van der Waals surface area contributed by atoms with Crippen LogP contribution in [0.5, 0.6) is 0 Å². The van der Waals surface area contributed by atoms with Crippen LogP contribution in [-0.4, -0.2) is 53.3 Å². The molecular weight excluding hydrogens is 202 g/mol. The van der Waals surface area contributed by atoms with Crippen LogP contribution >= 0.6 is 0 Å². The third kappa shape index (κ3) is 2.01. The maximum Gasteiger partial charge on any atom is 0.173 e. The predicted molar refractivity (Wildman–Crippen MR) is 49.8 cm³/mol. The van der Waals surface area contributed by atoms with Gasteiger partial charge in [-0.2, -0.15) is 0 Å². The first kappa shape index (κ1) is 11.3. The van der Waals surface area contributed by atoms with Crippen molar-refractivity contribution >= 4 is 0 Å². The maximum absolute atomic E-state index is 9.83. The van der Waals surface area contributed by atoms with E-state index in [1.807, 2.05) is 0 Å². The van der Waals surface area contributed by atoms with Crippen LogP contribution in [0.15, 0.2) is 0 Å². The van der Waals surface area contributed by atoms with E-state index in [1.54, 1.807) is 13.8 Å². The lowest BCUT2D eigenvalue weighted by Crippen LogP contribution is -2.66. The number of aliphatic hydroxyl groups is 2. The average molecular weight is 219 g/mol. The Morgan fingerprint density at radius 3 is 2.67 bits per heavy atom. The summed E-state index contributed by atoms with van der Waals surface area (Å²) in [5.74, 6) is -0.756. The highest BCUT2D eigenvalue weighted by molar-refractivity contribution is 4.94. The molecule has 15 heavy (non-hydrogen) atoms. The van der Waals surface area contributed by atoms with Crippen molar-refractivity contribution in [3.8, 4) is 0 Å². The average Bonchev–Trinajstić information content (AvgIpc) is 2.16. The molecule has 6 nitrogen and oxygen atoms in total. The fourth-order valence-electron chi connectivity index (χ4n) is 1.88. The molecule has 2 saturated heterocycles. The molecule has 2 rings (SSSR count). The lowest BCUT2D eigenvalue weighted by atomic mass is 9.96. The van der Waals surface area contributed by atoms with Gasteiger partial charge in [0.15, 0.2) is 12.1 Å². The van der Waals surface area contributed by atoms with Crippen molar-refractivity contribution in [1.29, 1.82) is 0 Å². The minimum absolute atomic E-state index is 0.276. The molecule has 6 heteroatoms. The number of hydrogen-bond acceptors (Lipinski definition) is 6. The monoisotopic (exact) mass is 219 g/mol. The lowest BCUT2D eigenvalue weighted by Gasteiger charge is -2.48. The SMILES string of the molecule is CC1(C)OC[C@H]2O[C@H](O)[C@H](N)[C@@H](O)[C@@H]2O1. The van der Waals surface area contributed by atoms with Crippen LogP contribution < -0.4 is 5.73 Å². The van der Waals surface area contributed by atoms with Gasteiger partial charge in [-0.1, -0.05) is 0 Å². The number of fused-ring (bicyclic) bond motifs is 1. The summed E-state index contributed by atoms with van der Waals surface area (Å²) in [4.78, 5) is 0. The van der Waals surface area contributed by atoms with Gasteiger partial charge in [-0.3, -0.25) is 0 Å². The molecule has 0 bridgehead atoms. The molecule has 0 radical (unpaired) electrons. The number of rotatable bonds is 0. The fraction of sp³-hybridized carbons (Fsp3) is 1.00. The third-order valence-corrected chi connectivity index (χ3v) is 2.76. The molecule has 0 spiro atoms. The van der Waals surface area contributed by atoms with Crippen molar-refractivity contribution in [2.45, 2.75) is 50.3 Å². The molecular formula is C9H17NO5. The highest BCUT2D eigenvalue weighted by Crippen LogP contribution is 2.30. The molecule has 5 atom stereocenters. The molecule has 0 aromatic carbocycles. The van der Waals surface area contributed by atoms with E-state index in [-0.39, 0.29) is 6.61 Å². The number of aliphatic hydroxyl groups excluding tert-OH is 2. The van der Waals surface area contributed by atoms with E-state index in [1.165, 1.54) is 0 Å². The van der Waals surface area contributed by atoms with Gasteiger partial charge in [-0.05, 0) is 13.8 Å². The van der Waals surface area contributed by atoms with E-state index in [0.29, 0.717) is 0 Å². The van der Waals surface area contributed by atoms with Gasteiger partial charge in [0, 0.05) is 0 Å². The highest BCUT2D eigenvalue weighted by atomic mass is 16.7. The van der Waals surface area contributed by atoms with E-state index in [4.69, 9.17) is 19.9 Å². The van der Waals surface area contributed by atoms with Crippen molar-refractivity contribution in [1.82, 2.24) is 0 Å². The summed E-state index contributed by atoms with van der Waals surface area (Å²) in [5, 5.41) is 19.2. The topological polar surface area (TPSA) is 94.2 Å². The predicted octanol–water partition coefficient (Wildman–Crippen LogP) is -1.46. The molecule has 0 aliphatic carbocycles. The van der Waals surface area contributed by atoms with Crippen LogP contribution in [-0.2, 0) is 14.2 Å². The van der Waals surface area contributed by atoms with Gasteiger partial charge in [-0.15, -0.1) is 0 Å². The van der Waals surface area contributed by atoms with Gasteiger partial charge in [0.25, 0.3) is 0 Å². The molecule has 2 fully saturated rings. The van der Waals surface area contributed by atoms with Crippen molar-refractivity contribution < 1.29 is 24.4 Å². The van der Waals surface area contributed by atoms with E-state index in [0.717, 1.165) is 0 Å². The smallest absolute Gasteiger partial charge is 0.173 e. The van der Waals surface area contributed by atoms with Crippen molar-refractivity contribution in [2.75, 3.05) is 6.61 Å². The molecule has 88 valence electrons. The van der Waals surface area contributed by atoms with Gasteiger partial charge in [0.2, 0.25) is 0 Å². The Kier molecular flexibility index (Phi) is 2.74. The summed E-state index contributed by atoms with van der Waals surface area (Å²) >= 11 is 0. The van der Waals surface area contributed by atoms with Crippen molar-refractivity contribution in [3.05, 3.63) is 0 Å². The largest absolute Gasteiger partial charge is 0.388 e. The van der Waals surface area contributed by atoms with Crippen LogP contribution in [0.1, 0.15) is 13.8 Å². The van der Waals surface area contributed by atoms with E-state index in [2.05, 4.69) is 0 Å². The van der Waals surface area contributed by atoms with Crippen LogP contribution in [0.4, 0.5) is 0 Å².